The first-order valence-electron chi connectivity index (χ1n) is 3.81. The van der Waals surface area contributed by atoms with Crippen LogP contribution in [0.5, 0.6) is 0 Å². The predicted octanol–water partition coefficient (Wildman–Crippen LogP) is 0.279. The van der Waals surface area contributed by atoms with E-state index in [-0.39, 0.29) is 0 Å². The SMILES string of the molecule is CC(=N)N1CCCNCC1. The number of amidine groups is 1. The van der Waals surface area contributed by atoms with Crippen molar-refractivity contribution in [2.75, 3.05) is 26.2 Å². The van der Waals surface area contributed by atoms with Crippen LogP contribution in [-0.4, -0.2) is 36.9 Å². The van der Waals surface area contributed by atoms with Crippen LogP contribution >= 0.6 is 0 Å². The lowest BCUT2D eigenvalue weighted by atomic mass is 10.4. The van der Waals surface area contributed by atoms with Gasteiger partial charge in [0, 0.05) is 19.6 Å². The molecule has 0 unspecified atom stereocenters. The third-order valence-corrected chi connectivity index (χ3v) is 1.81. The van der Waals surface area contributed by atoms with Gasteiger partial charge in [0.25, 0.3) is 0 Å². The molecule has 1 heterocycles. The zero-order valence-corrected chi connectivity index (χ0v) is 6.48. The first-order valence-corrected chi connectivity index (χ1v) is 3.81. The Kier molecular flexibility index (Phi) is 2.68. The van der Waals surface area contributed by atoms with E-state index in [1.807, 2.05) is 6.92 Å². The molecule has 3 heteroatoms. The van der Waals surface area contributed by atoms with Gasteiger partial charge in [0.2, 0.25) is 0 Å². The molecule has 1 fully saturated rings. The lowest BCUT2D eigenvalue weighted by molar-refractivity contribution is 0.441. The topological polar surface area (TPSA) is 39.1 Å². The Morgan fingerprint density at radius 1 is 1.40 bits per heavy atom. The molecule has 1 aliphatic rings. The molecule has 58 valence electrons. The molecule has 0 aromatic rings. The van der Waals surface area contributed by atoms with Gasteiger partial charge in [-0.05, 0) is 19.9 Å². The monoisotopic (exact) mass is 141 g/mol. The van der Waals surface area contributed by atoms with Gasteiger partial charge < -0.3 is 10.2 Å². The highest BCUT2D eigenvalue weighted by atomic mass is 15.2. The van der Waals surface area contributed by atoms with E-state index in [1.165, 1.54) is 0 Å². The number of hydrogen-bond donors (Lipinski definition) is 2. The molecule has 0 spiro atoms. The molecule has 1 saturated heterocycles. The zero-order valence-electron chi connectivity index (χ0n) is 6.48. The minimum atomic E-state index is 0.698. The largest absolute Gasteiger partial charge is 0.359 e. The van der Waals surface area contributed by atoms with Gasteiger partial charge in [0.05, 0.1) is 5.84 Å². The fourth-order valence-electron chi connectivity index (χ4n) is 1.18. The highest BCUT2D eigenvalue weighted by Gasteiger charge is 2.07. The van der Waals surface area contributed by atoms with Crippen LogP contribution in [0.2, 0.25) is 0 Å². The Morgan fingerprint density at radius 2 is 2.20 bits per heavy atom. The van der Waals surface area contributed by atoms with E-state index in [0.29, 0.717) is 5.84 Å². The quantitative estimate of drug-likeness (QED) is 0.375. The maximum Gasteiger partial charge on any atom is 0.0926 e. The summed E-state index contributed by atoms with van der Waals surface area (Å²) < 4.78 is 0. The van der Waals surface area contributed by atoms with E-state index >= 15 is 0 Å². The van der Waals surface area contributed by atoms with Gasteiger partial charge in [-0.15, -0.1) is 0 Å². The minimum Gasteiger partial charge on any atom is -0.359 e. The number of hydrogen-bond acceptors (Lipinski definition) is 2. The molecular weight excluding hydrogens is 126 g/mol. The van der Waals surface area contributed by atoms with E-state index in [2.05, 4.69) is 10.2 Å². The highest BCUT2D eigenvalue weighted by Crippen LogP contribution is 1.94. The Hall–Kier alpha value is -0.570. The van der Waals surface area contributed by atoms with E-state index in [9.17, 15) is 0 Å². The second-order valence-electron chi connectivity index (χ2n) is 2.68. The van der Waals surface area contributed by atoms with Gasteiger partial charge in [-0.3, -0.25) is 5.41 Å². The molecule has 0 amide bonds. The van der Waals surface area contributed by atoms with Crippen molar-refractivity contribution >= 4 is 5.84 Å². The second-order valence-corrected chi connectivity index (χ2v) is 2.68. The fraction of sp³-hybridized carbons (Fsp3) is 0.857. The van der Waals surface area contributed by atoms with Crippen molar-refractivity contribution in [1.82, 2.24) is 10.2 Å². The molecule has 1 rings (SSSR count). The van der Waals surface area contributed by atoms with Crippen LogP contribution in [0.4, 0.5) is 0 Å². The standard InChI is InChI=1S/C7H15N3/c1-7(8)10-5-2-3-9-4-6-10/h8-9H,2-6H2,1H3. The summed E-state index contributed by atoms with van der Waals surface area (Å²) >= 11 is 0. The summed E-state index contributed by atoms with van der Waals surface area (Å²) in [5.74, 6) is 0.698. The number of nitrogens with one attached hydrogen (secondary N) is 2. The molecule has 0 bridgehead atoms. The summed E-state index contributed by atoms with van der Waals surface area (Å²) in [7, 11) is 0. The second kappa shape index (κ2) is 3.56. The lowest BCUT2D eigenvalue weighted by Gasteiger charge is -2.19. The van der Waals surface area contributed by atoms with Crippen molar-refractivity contribution in [2.24, 2.45) is 0 Å². The molecule has 0 atom stereocenters. The van der Waals surface area contributed by atoms with Crippen molar-refractivity contribution in [3.8, 4) is 0 Å². The van der Waals surface area contributed by atoms with Gasteiger partial charge in [-0.25, -0.2) is 0 Å². The van der Waals surface area contributed by atoms with Gasteiger partial charge in [-0.2, -0.15) is 0 Å². The normalized spacial score (nSPS) is 20.3. The van der Waals surface area contributed by atoms with Crippen LogP contribution in [-0.2, 0) is 0 Å². The van der Waals surface area contributed by atoms with Crippen LogP contribution in [0.25, 0.3) is 0 Å². The van der Waals surface area contributed by atoms with Crippen LogP contribution in [0, 0.1) is 5.41 Å². The molecule has 2 N–H and O–H groups in total. The first kappa shape index (κ1) is 7.54. The Balaban J connectivity index is 2.35. The highest BCUT2D eigenvalue weighted by molar-refractivity contribution is 5.76. The lowest BCUT2D eigenvalue weighted by Crippen LogP contribution is -2.31. The molecule has 0 saturated carbocycles. The van der Waals surface area contributed by atoms with E-state index in [1.54, 1.807) is 0 Å². The first-order chi connectivity index (χ1) is 4.80. The van der Waals surface area contributed by atoms with Crippen molar-refractivity contribution in [1.29, 1.82) is 5.41 Å². The molecule has 0 aliphatic carbocycles. The number of nitrogens with zero attached hydrogens (tertiary/aromatic N) is 1. The van der Waals surface area contributed by atoms with E-state index in [0.717, 1.165) is 32.6 Å². The zero-order chi connectivity index (χ0) is 7.40. The summed E-state index contributed by atoms with van der Waals surface area (Å²) in [5.41, 5.74) is 0. The molecule has 0 aromatic heterocycles. The molecule has 1 aliphatic heterocycles. The summed E-state index contributed by atoms with van der Waals surface area (Å²) in [6, 6.07) is 0. The maximum absolute atomic E-state index is 7.38. The summed E-state index contributed by atoms with van der Waals surface area (Å²) in [5, 5.41) is 10.7. The minimum absolute atomic E-state index is 0.698. The predicted molar refractivity (Wildman–Crippen MR) is 42.5 cm³/mol. The van der Waals surface area contributed by atoms with Crippen LogP contribution < -0.4 is 5.32 Å². The number of rotatable bonds is 0. The summed E-state index contributed by atoms with van der Waals surface area (Å²) in [6.45, 7) is 6.02. The third kappa shape index (κ3) is 1.99. The average molecular weight is 141 g/mol. The van der Waals surface area contributed by atoms with Gasteiger partial charge in [-0.1, -0.05) is 0 Å². The van der Waals surface area contributed by atoms with Crippen LogP contribution in [0.15, 0.2) is 0 Å². The van der Waals surface area contributed by atoms with Crippen LogP contribution in [0.3, 0.4) is 0 Å². The van der Waals surface area contributed by atoms with Gasteiger partial charge in [0.15, 0.2) is 0 Å². The van der Waals surface area contributed by atoms with Crippen molar-refractivity contribution < 1.29 is 0 Å². The van der Waals surface area contributed by atoms with Gasteiger partial charge in [0.1, 0.15) is 0 Å². The molecule has 10 heavy (non-hydrogen) atoms. The fourth-order valence-corrected chi connectivity index (χ4v) is 1.18. The van der Waals surface area contributed by atoms with Crippen molar-refractivity contribution in [2.45, 2.75) is 13.3 Å². The molecule has 0 radical (unpaired) electrons. The van der Waals surface area contributed by atoms with Crippen LogP contribution in [0.1, 0.15) is 13.3 Å². The Bertz CT molecular complexity index is 114. The third-order valence-electron chi connectivity index (χ3n) is 1.81. The van der Waals surface area contributed by atoms with E-state index < -0.39 is 0 Å². The Morgan fingerprint density at radius 3 is 2.90 bits per heavy atom. The Labute approximate surface area is 61.9 Å². The molecule has 0 aromatic carbocycles. The van der Waals surface area contributed by atoms with E-state index in [4.69, 9.17) is 5.41 Å². The molecule has 3 nitrogen and oxygen atoms in total. The smallest absolute Gasteiger partial charge is 0.0926 e. The molecular formula is C7H15N3. The van der Waals surface area contributed by atoms with Gasteiger partial charge >= 0.3 is 0 Å². The average Bonchev–Trinajstić information content (AvgIpc) is 2.12. The van der Waals surface area contributed by atoms with Crippen molar-refractivity contribution in [3.63, 3.8) is 0 Å². The van der Waals surface area contributed by atoms with Crippen molar-refractivity contribution in [3.05, 3.63) is 0 Å². The summed E-state index contributed by atoms with van der Waals surface area (Å²) in [6.07, 6.45) is 1.16. The summed E-state index contributed by atoms with van der Waals surface area (Å²) in [4.78, 5) is 2.11. The maximum atomic E-state index is 7.38.